The summed E-state index contributed by atoms with van der Waals surface area (Å²) in [4.78, 5) is 45.1. The fraction of sp³-hybridized carbons (Fsp3) is 0.478. The molecule has 1 amide bonds. The van der Waals surface area contributed by atoms with E-state index in [2.05, 4.69) is 15.3 Å². The number of rotatable bonds is 12. The Balaban J connectivity index is 1.97. The molecule has 1 atom stereocenters. The molecule has 0 fully saturated rings. The highest BCUT2D eigenvalue weighted by Crippen LogP contribution is 2.11. The summed E-state index contributed by atoms with van der Waals surface area (Å²) in [5.41, 5.74) is 1.04. The van der Waals surface area contributed by atoms with Gasteiger partial charge in [0.1, 0.15) is 11.6 Å². The van der Waals surface area contributed by atoms with Crippen LogP contribution in [0.1, 0.15) is 38.4 Å². The third-order valence-electron chi connectivity index (χ3n) is 4.50. The molecule has 0 aliphatic carbocycles. The predicted octanol–water partition coefficient (Wildman–Crippen LogP) is 1.80. The smallest absolute Gasteiger partial charge is 0.329 e. The van der Waals surface area contributed by atoms with E-state index in [0.717, 1.165) is 12.0 Å². The molecule has 0 bridgehead atoms. The van der Waals surface area contributed by atoms with Crippen LogP contribution in [0.25, 0.3) is 0 Å². The molecule has 3 N–H and O–H groups in total. The van der Waals surface area contributed by atoms with Crippen molar-refractivity contribution in [3.63, 3.8) is 0 Å². The second-order valence-electron chi connectivity index (χ2n) is 8.61. The van der Waals surface area contributed by atoms with Gasteiger partial charge in [0.05, 0.1) is 25.1 Å². The van der Waals surface area contributed by atoms with Crippen LogP contribution in [0.4, 0.5) is 0 Å². The third kappa shape index (κ3) is 9.74. The number of carboxylic acid groups (broad SMARTS) is 1. The molecule has 9 nitrogen and oxygen atoms in total. The lowest BCUT2D eigenvalue weighted by molar-refractivity contribution is -0.158. The summed E-state index contributed by atoms with van der Waals surface area (Å²) in [6, 6.07) is 8.93. The Bertz CT molecular complexity index is 862. The lowest BCUT2D eigenvalue weighted by Crippen LogP contribution is -2.49. The first-order valence-electron chi connectivity index (χ1n) is 10.6. The number of ether oxygens (including phenoxy) is 1. The van der Waals surface area contributed by atoms with Crippen molar-refractivity contribution in [1.82, 2.24) is 20.2 Å². The van der Waals surface area contributed by atoms with Crippen LogP contribution in [0.3, 0.4) is 0 Å². The molecule has 0 aliphatic rings. The molecular weight excluding hydrogens is 412 g/mol. The maximum atomic E-state index is 12.7. The normalized spacial score (nSPS) is 12.4. The van der Waals surface area contributed by atoms with E-state index in [0.29, 0.717) is 18.7 Å². The van der Waals surface area contributed by atoms with Crippen LogP contribution >= 0.6 is 0 Å². The summed E-state index contributed by atoms with van der Waals surface area (Å²) in [5, 5.41) is 11.9. The summed E-state index contributed by atoms with van der Waals surface area (Å²) < 4.78 is 5.43. The van der Waals surface area contributed by atoms with Crippen LogP contribution in [-0.4, -0.2) is 69.1 Å². The molecule has 0 saturated carbocycles. The zero-order chi connectivity index (χ0) is 23.6. The molecule has 1 heterocycles. The van der Waals surface area contributed by atoms with Gasteiger partial charge in [0.2, 0.25) is 5.91 Å². The Hall–Kier alpha value is -3.20. The first-order valence-corrected chi connectivity index (χ1v) is 10.6. The number of benzene rings is 1. The number of carboxylic acids is 1. The minimum atomic E-state index is -1.02. The molecule has 0 radical (unpaired) electrons. The Labute approximate surface area is 188 Å². The number of aliphatic carboxylic acids is 1. The fourth-order valence-corrected chi connectivity index (χ4v) is 3.18. The number of hydrogen-bond acceptors (Lipinski definition) is 6. The van der Waals surface area contributed by atoms with Gasteiger partial charge >= 0.3 is 11.9 Å². The van der Waals surface area contributed by atoms with Crippen LogP contribution in [0, 0.1) is 0 Å². The maximum Gasteiger partial charge on any atom is 0.329 e. The van der Waals surface area contributed by atoms with E-state index < -0.39 is 29.5 Å². The number of aryl methyl sites for hydroxylation is 1. The molecule has 2 rings (SSSR count). The SMILES string of the molecule is CC(C)(C)OC(=O)C(Cc1c[nH]cn1)NC(=O)CN(CCCc1ccccc1)CC(=O)O. The molecule has 0 spiro atoms. The number of nitrogens with zero attached hydrogens (tertiary/aromatic N) is 2. The van der Waals surface area contributed by atoms with Crippen molar-refractivity contribution in [2.24, 2.45) is 0 Å². The van der Waals surface area contributed by atoms with E-state index in [1.807, 2.05) is 30.3 Å². The van der Waals surface area contributed by atoms with E-state index in [9.17, 15) is 19.5 Å². The lowest BCUT2D eigenvalue weighted by Gasteiger charge is -2.25. The summed E-state index contributed by atoms with van der Waals surface area (Å²) in [6.45, 7) is 5.28. The van der Waals surface area contributed by atoms with Gasteiger partial charge in [0.15, 0.2) is 0 Å². The number of aromatic nitrogens is 2. The molecule has 1 unspecified atom stereocenters. The minimum absolute atomic E-state index is 0.138. The molecule has 32 heavy (non-hydrogen) atoms. The van der Waals surface area contributed by atoms with E-state index in [1.54, 1.807) is 31.9 Å². The molecular formula is C23H32N4O5. The monoisotopic (exact) mass is 444 g/mol. The highest BCUT2D eigenvalue weighted by atomic mass is 16.6. The Morgan fingerprint density at radius 2 is 1.91 bits per heavy atom. The van der Waals surface area contributed by atoms with Crippen LogP contribution in [0.15, 0.2) is 42.9 Å². The number of carbonyl (C=O) groups is 3. The molecule has 1 aromatic heterocycles. The van der Waals surface area contributed by atoms with Gasteiger partial charge in [0.25, 0.3) is 0 Å². The van der Waals surface area contributed by atoms with Crippen molar-refractivity contribution in [1.29, 1.82) is 0 Å². The maximum absolute atomic E-state index is 12.7. The van der Waals surface area contributed by atoms with Crippen molar-refractivity contribution in [3.8, 4) is 0 Å². The zero-order valence-electron chi connectivity index (χ0n) is 18.8. The summed E-state index contributed by atoms with van der Waals surface area (Å²) in [7, 11) is 0. The lowest BCUT2D eigenvalue weighted by atomic mass is 10.1. The minimum Gasteiger partial charge on any atom is -0.480 e. The van der Waals surface area contributed by atoms with Gasteiger partial charge in [-0.3, -0.25) is 14.5 Å². The van der Waals surface area contributed by atoms with Gasteiger partial charge in [0, 0.05) is 12.6 Å². The first-order chi connectivity index (χ1) is 15.1. The van der Waals surface area contributed by atoms with E-state index in [1.165, 1.54) is 6.33 Å². The first kappa shape index (κ1) is 25.1. The summed E-state index contributed by atoms with van der Waals surface area (Å²) in [6.07, 6.45) is 4.77. The van der Waals surface area contributed by atoms with Crippen molar-refractivity contribution >= 4 is 17.8 Å². The van der Waals surface area contributed by atoms with Crippen LogP contribution in [-0.2, 0) is 32.0 Å². The fourth-order valence-electron chi connectivity index (χ4n) is 3.18. The third-order valence-corrected chi connectivity index (χ3v) is 4.50. The largest absolute Gasteiger partial charge is 0.480 e. The number of H-pyrrole nitrogens is 1. The molecule has 1 aromatic carbocycles. The van der Waals surface area contributed by atoms with Crippen molar-refractivity contribution < 1.29 is 24.2 Å². The topological polar surface area (TPSA) is 125 Å². The van der Waals surface area contributed by atoms with Crippen molar-refractivity contribution in [2.45, 2.75) is 51.7 Å². The zero-order valence-corrected chi connectivity index (χ0v) is 18.8. The Morgan fingerprint density at radius 3 is 2.50 bits per heavy atom. The quantitative estimate of drug-likeness (QED) is 0.426. The number of aromatic amines is 1. The van der Waals surface area contributed by atoms with Gasteiger partial charge in [-0.15, -0.1) is 0 Å². The van der Waals surface area contributed by atoms with Gasteiger partial charge in [-0.25, -0.2) is 9.78 Å². The number of nitrogens with one attached hydrogen (secondary N) is 2. The molecule has 2 aromatic rings. The number of imidazole rings is 1. The standard InChI is InChI=1S/C23H32N4O5/c1-23(2,3)32-22(31)19(12-18-13-24-16-25-18)26-20(28)14-27(15-21(29)30)11-7-10-17-8-5-4-6-9-17/h4-6,8-9,13,16,19H,7,10-12,14-15H2,1-3H3,(H,24,25)(H,26,28)(H,29,30). The van der Waals surface area contributed by atoms with Gasteiger partial charge in [-0.1, -0.05) is 30.3 Å². The van der Waals surface area contributed by atoms with Crippen molar-refractivity contribution in [3.05, 3.63) is 54.1 Å². The highest BCUT2D eigenvalue weighted by molar-refractivity contribution is 5.86. The molecule has 0 saturated heterocycles. The average molecular weight is 445 g/mol. The van der Waals surface area contributed by atoms with Crippen molar-refractivity contribution in [2.75, 3.05) is 19.6 Å². The Kier molecular flexibility index (Phi) is 9.39. The van der Waals surface area contributed by atoms with E-state index in [-0.39, 0.29) is 19.5 Å². The van der Waals surface area contributed by atoms with Crippen LogP contribution in [0.5, 0.6) is 0 Å². The highest BCUT2D eigenvalue weighted by Gasteiger charge is 2.28. The number of carbonyl (C=O) groups excluding carboxylic acids is 2. The van der Waals surface area contributed by atoms with Gasteiger partial charge < -0.3 is 20.1 Å². The number of amides is 1. The average Bonchev–Trinajstić information content (AvgIpc) is 3.19. The second kappa shape index (κ2) is 12.0. The van der Waals surface area contributed by atoms with Gasteiger partial charge in [-0.2, -0.15) is 0 Å². The van der Waals surface area contributed by atoms with Crippen LogP contribution in [0.2, 0.25) is 0 Å². The number of esters is 1. The summed E-state index contributed by atoms with van der Waals surface area (Å²) in [5.74, 6) is -2.03. The van der Waals surface area contributed by atoms with E-state index in [4.69, 9.17) is 4.74 Å². The second-order valence-corrected chi connectivity index (χ2v) is 8.61. The Morgan fingerprint density at radius 1 is 1.19 bits per heavy atom. The van der Waals surface area contributed by atoms with E-state index >= 15 is 0 Å². The van der Waals surface area contributed by atoms with Crippen LogP contribution < -0.4 is 5.32 Å². The van der Waals surface area contributed by atoms with Gasteiger partial charge in [-0.05, 0) is 45.7 Å². The predicted molar refractivity (Wildman–Crippen MR) is 119 cm³/mol. The summed E-state index contributed by atoms with van der Waals surface area (Å²) >= 11 is 0. The molecule has 9 heteroatoms. The molecule has 0 aliphatic heterocycles. The number of hydrogen-bond donors (Lipinski definition) is 3. The molecule has 174 valence electrons.